The van der Waals surface area contributed by atoms with E-state index in [2.05, 4.69) is 78.0 Å². The van der Waals surface area contributed by atoms with Crippen LogP contribution in [0.1, 0.15) is 72.5 Å². The van der Waals surface area contributed by atoms with Gasteiger partial charge in [0.25, 0.3) is 0 Å². The molecule has 2 aromatic rings. The normalized spacial score (nSPS) is 12.4. The zero-order valence-corrected chi connectivity index (χ0v) is 19.1. The minimum absolute atomic E-state index is 0.0945. The predicted molar refractivity (Wildman–Crippen MR) is 123 cm³/mol. The van der Waals surface area contributed by atoms with Crippen LogP contribution in [-0.4, -0.2) is 17.6 Å². The van der Waals surface area contributed by atoms with E-state index in [9.17, 15) is 9.90 Å². The first-order valence-electron chi connectivity index (χ1n) is 10.7. The first-order chi connectivity index (χ1) is 13.6. The Balaban J connectivity index is 2.45. The minimum Gasteiger partial charge on any atom is -0.481 e. The lowest BCUT2D eigenvalue weighted by Crippen LogP contribution is -2.26. The van der Waals surface area contributed by atoms with Crippen LogP contribution in [0.25, 0.3) is 11.1 Å². The van der Waals surface area contributed by atoms with E-state index in [4.69, 9.17) is 0 Å². The molecule has 2 aromatic carbocycles. The van der Waals surface area contributed by atoms with Crippen molar-refractivity contribution in [1.82, 2.24) is 5.32 Å². The van der Waals surface area contributed by atoms with Crippen LogP contribution in [0.2, 0.25) is 0 Å². The summed E-state index contributed by atoms with van der Waals surface area (Å²) in [6.07, 6.45) is 2.30. The number of hydrogen-bond donors (Lipinski definition) is 2. The molecular weight excluding hydrogens is 358 g/mol. The molecule has 3 heteroatoms. The highest BCUT2D eigenvalue weighted by Crippen LogP contribution is 2.34. The third-order valence-electron chi connectivity index (χ3n) is 5.78. The Morgan fingerprint density at radius 3 is 2.14 bits per heavy atom. The largest absolute Gasteiger partial charge is 0.481 e. The quantitative estimate of drug-likeness (QED) is 0.481. The molecule has 0 saturated heterocycles. The Morgan fingerprint density at radius 2 is 1.59 bits per heavy atom. The molecule has 3 nitrogen and oxygen atoms in total. The molecule has 158 valence electrons. The van der Waals surface area contributed by atoms with Gasteiger partial charge >= 0.3 is 5.97 Å². The molecule has 2 N–H and O–H groups in total. The molecule has 0 aliphatic heterocycles. The van der Waals surface area contributed by atoms with Crippen LogP contribution in [-0.2, 0) is 4.79 Å². The summed E-state index contributed by atoms with van der Waals surface area (Å²) in [6.45, 7) is 15.9. The van der Waals surface area contributed by atoms with E-state index in [1.807, 2.05) is 0 Å². The molecule has 1 unspecified atom stereocenters. The second-order valence-electron chi connectivity index (χ2n) is 8.92. The van der Waals surface area contributed by atoms with Crippen LogP contribution in [0, 0.1) is 40.5 Å². The predicted octanol–water partition coefficient (Wildman–Crippen LogP) is 6.44. The van der Waals surface area contributed by atoms with Gasteiger partial charge in [-0.3, -0.25) is 4.79 Å². The zero-order valence-electron chi connectivity index (χ0n) is 19.1. The van der Waals surface area contributed by atoms with Gasteiger partial charge in [-0.05, 0) is 105 Å². The summed E-state index contributed by atoms with van der Waals surface area (Å²) in [5.41, 5.74) is 9.71. The van der Waals surface area contributed by atoms with E-state index in [0.29, 0.717) is 5.92 Å². The summed E-state index contributed by atoms with van der Waals surface area (Å²) >= 11 is 0. The van der Waals surface area contributed by atoms with Crippen LogP contribution in [0.4, 0.5) is 0 Å². The van der Waals surface area contributed by atoms with Crippen molar-refractivity contribution in [3.05, 3.63) is 57.6 Å². The Labute approximate surface area is 176 Å². The van der Waals surface area contributed by atoms with Crippen LogP contribution in [0.3, 0.4) is 0 Å². The molecule has 1 atom stereocenters. The van der Waals surface area contributed by atoms with Crippen LogP contribution in [0.15, 0.2) is 24.3 Å². The van der Waals surface area contributed by atoms with Crippen molar-refractivity contribution >= 4 is 5.97 Å². The van der Waals surface area contributed by atoms with Gasteiger partial charge in [-0.25, -0.2) is 0 Å². The zero-order chi connectivity index (χ0) is 21.7. The monoisotopic (exact) mass is 395 g/mol. The van der Waals surface area contributed by atoms with Gasteiger partial charge in [0, 0.05) is 6.04 Å². The molecule has 0 saturated carbocycles. The molecule has 29 heavy (non-hydrogen) atoms. The molecular formula is C26H37NO2. The van der Waals surface area contributed by atoms with Crippen molar-refractivity contribution in [3.63, 3.8) is 0 Å². The summed E-state index contributed by atoms with van der Waals surface area (Å²) in [5.74, 6) is -0.106. The Kier molecular flexibility index (Phi) is 8.04. The average molecular weight is 396 g/mol. The summed E-state index contributed by atoms with van der Waals surface area (Å²) < 4.78 is 0. The van der Waals surface area contributed by atoms with Crippen molar-refractivity contribution in [1.29, 1.82) is 0 Å². The maximum absolute atomic E-state index is 11.6. The number of carboxylic acid groups (broad SMARTS) is 1. The second kappa shape index (κ2) is 10.1. The minimum atomic E-state index is -0.767. The van der Waals surface area contributed by atoms with Crippen molar-refractivity contribution in [3.8, 4) is 11.1 Å². The maximum Gasteiger partial charge on any atom is 0.305 e. The molecule has 0 heterocycles. The molecule has 0 spiro atoms. The third kappa shape index (κ3) is 6.17. The average Bonchev–Trinajstić information content (AvgIpc) is 2.59. The molecule has 0 amide bonds. The molecule has 0 aliphatic rings. The highest BCUT2D eigenvalue weighted by molar-refractivity contribution is 5.74. The summed E-state index contributed by atoms with van der Waals surface area (Å²) in [6, 6.07) is 8.70. The fourth-order valence-corrected chi connectivity index (χ4v) is 4.28. The van der Waals surface area contributed by atoms with E-state index in [1.54, 1.807) is 0 Å². The van der Waals surface area contributed by atoms with Crippen molar-refractivity contribution in [2.24, 2.45) is 5.92 Å². The maximum atomic E-state index is 11.6. The molecule has 0 aromatic heterocycles. The van der Waals surface area contributed by atoms with Crippen LogP contribution in [0.5, 0.6) is 0 Å². The molecule has 0 bridgehead atoms. The fourth-order valence-electron chi connectivity index (χ4n) is 4.28. The Morgan fingerprint density at radius 1 is 0.966 bits per heavy atom. The highest BCUT2D eigenvalue weighted by atomic mass is 16.4. The Bertz CT molecular complexity index is 844. The molecule has 0 fully saturated rings. The van der Waals surface area contributed by atoms with Gasteiger partial charge in [0.15, 0.2) is 0 Å². The van der Waals surface area contributed by atoms with E-state index in [-0.39, 0.29) is 12.5 Å². The summed E-state index contributed by atoms with van der Waals surface area (Å²) in [4.78, 5) is 11.6. The lowest BCUT2D eigenvalue weighted by molar-refractivity contribution is -0.137. The fraction of sp³-hybridized carbons (Fsp3) is 0.500. The van der Waals surface area contributed by atoms with Crippen molar-refractivity contribution < 1.29 is 9.90 Å². The lowest BCUT2D eigenvalue weighted by atomic mass is 9.87. The van der Waals surface area contributed by atoms with Gasteiger partial charge < -0.3 is 10.4 Å². The smallest absolute Gasteiger partial charge is 0.305 e. The third-order valence-corrected chi connectivity index (χ3v) is 5.78. The van der Waals surface area contributed by atoms with Crippen molar-refractivity contribution in [2.45, 2.75) is 73.8 Å². The van der Waals surface area contributed by atoms with Gasteiger partial charge in [0.2, 0.25) is 0 Å². The lowest BCUT2D eigenvalue weighted by Gasteiger charge is -2.23. The number of nitrogens with one attached hydrogen (secondary N) is 1. The topological polar surface area (TPSA) is 49.3 Å². The van der Waals surface area contributed by atoms with Crippen molar-refractivity contribution in [2.75, 3.05) is 6.54 Å². The van der Waals surface area contributed by atoms with Crippen LogP contribution < -0.4 is 5.32 Å². The number of aryl methyl sites for hydroxylation is 4. The van der Waals surface area contributed by atoms with E-state index >= 15 is 0 Å². The summed E-state index contributed by atoms with van der Waals surface area (Å²) in [7, 11) is 0. The number of hydrogen-bond acceptors (Lipinski definition) is 2. The SMILES string of the molecule is Cc1cc(C)c(-c2cc(C)c(C)c(C(CC(=O)O)NCCCC(C)C)c2)c(C)c1. The first-order valence-corrected chi connectivity index (χ1v) is 10.7. The van der Waals surface area contributed by atoms with E-state index in [1.165, 1.54) is 38.9 Å². The number of carboxylic acids is 1. The molecule has 2 rings (SSSR count). The second-order valence-corrected chi connectivity index (χ2v) is 8.92. The van der Waals surface area contributed by atoms with E-state index in [0.717, 1.165) is 24.9 Å². The number of rotatable bonds is 9. The number of benzene rings is 2. The Hall–Kier alpha value is -2.13. The molecule has 0 aliphatic carbocycles. The van der Waals surface area contributed by atoms with Gasteiger partial charge in [0.1, 0.15) is 0 Å². The van der Waals surface area contributed by atoms with Crippen LogP contribution >= 0.6 is 0 Å². The molecule has 0 radical (unpaired) electrons. The van der Waals surface area contributed by atoms with E-state index < -0.39 is 5.97 Å². The number of carbonyl (C=O) groups is 1. The van der Waals surface area contributed by atoms with Gasteiger partial charge in [-0.2, -0.15) is 0 Å². The summed E-state index contributed by atoms with van der Waals surface area (Å²) in [5, 5.41) is 13.0. The number of aliphatic carboxylic acids is 1. The van der Waals surface area contributed by atoms with Gasteiger partial charge in [-0.1, -0.05) is 37.6 Å². The van der Waals surface area contributed by atoms with Gasteiger partial charge in [-0.15, -0.1) is 0 Å². The first kappa shape index (κ1) is 23.2. The highest BCUT2D eigenvalue weighted by Gasteiger charge is 2.20. The standard InChI is InChI=1S/C26H37NO2/c1-16(2)9-8-10-27-24(15-25(28)29)23-14-22(13-18(4)21(23)7)26-19(5)11-17(3)12-20(26)6/h11-14,16,24,27H,8-10,15H2,1-7H3,(H,28,29). The van der Waals surface area contributed by atoms with Gasteiger partial charge in [0.05, 0.1) is 6.42 Å².